The Labute approximate surface area is 83.9 Å². The summed E-state index contributed by atoms with van der Waals surface area (Å²) in [5, 5.41) is 8.78. The van der Waals surface area contributed by atoms with Gasteiger partial charge in [-0.3, -0.25) is 4.79 Å². The summed E-state index contributed by atoms with van der Waals surface area (Å²) in [4.78, 5) is 10.7. The molecule has 1 unspecified atom stereocenters. The fraction of sp³-hybridized carbons (Fsp3) is 0.857. The molecule has 14 heavy (non-hydrogen) atoms. The van der Waals surface area contributed by atoms with Gasteiger partial charge in [-0.1, -0.05) is 20.3 Å². The van der Waals surface area contributed by atoms with Gasteiger partial charge < -0.3 is 5.11 Å². The maximum Gasteiger partial charge on any atom is 0.322 e. The molecule has 0 aromatic rings. The van der Waals surface area contributed by atoms with Crippen LogP contribution in [0.5, 0.6) is 0 Å². The van der Waals surface area contributed by atoms with E-state index in [2.05, 4.69) is 4.72 Å². The number of carbonyl (C=O) groups is 1. The van der Waals surface area contributed by atoms with Crippen molar-refractivity contribution >= 4 is 16.2 Å². The minimum Gasteiger partial charge on any atom is -0.480 e. The Hall–Kier alpha value is -0.660. The van der Waals surface area contributed by atoms with Crippen molar-refractivity contribution in [1.82, 2.24) is 9.44 Å². The second-order valence-electron chi connectivity index (χ2n) is 3.03. The zero-order chi connectivity index (χ0) is 11.4. The quantitative estimate of drug-likeness (QED) is 0.569. The summed E-state index contributed by atoms with van der Waals surface area (Å²) in [6.45, 7) is 3.48. The number of hydrogen-bond acceptors (Lipinski definition) is 3. The van der Waals surface area contributed by atoms with Crippen LogP contribution in [0.2, 0.25) is 0 Å². The van der Waals surface area contributed by atoms with E-state index in [1.165, 1.54) is 7.05 Å². The maximum atomic E-state index is 11.0. The summed E-state index contributed by atoms with van der Waals surface area (Å²) in [7, 11) is -2.48. The monoisotopic (exact) mass is 224 g/mol. The molecule has 84 valence electrons. The van der Waals surface area contributed by atoms with Crippen molar-refractivity contribution in [1.29, 1.82) is 0 Å². The number of rotatable bonds is 6. The Morgan fingerprint density at radius 1 is 1.50 bits per heavy atom. The molecular weight excluding hydrogens is 208 g/mol. The molecule has 0 bridgehead atoms. The summed E-state index contributed by atoms with van der Waals surface area (Å²) in [6.07, 6.45) is 0.587. The van der Waals surface area contributed by atoms with Crippen molar-refractivity contribution < 1.29 is 18.3 Å². The van der Waals surface area contributed by atoms with Crippen LogP contribution in [0.15, 0.2) is 0 Å². The standard InChI is InChI=1S/C7H16N2O4S/c1-4-5(2)6(7(10)11)9-14(12,13)8-3/h5-6,8-9H,4H2,1-3H3,(H,10,11)/t5?,6-/m0/s1. The molecule has 0 saturated heterocycles. The molecule has 0 aliphatic heterocycles. The van der Waals surface area contributed by atoms with E-state index in [-0.39, 0.29) is 5.92 Å². The molecule has 0 rings (SSSR count). The Bertz CT molecular complexity index is 288. The number of carboxylic acid groups (broad SMARTS) is 1. The second-order valence-corrected chi connectivity index (χ2v) is 4.68. The fourth-order valence-corrected chi connectivity index (χ4v) is 1.66. The first-order valence-electron chi connectivity index (χ1n) is 4.27. The molecule has 0 saturated carbocycles. The van der Waals surface area contributed by atoms with E-state index < -0.39 is 22.2 Å². The van der Waals surface area contributed by atoms with Gasteiger partial charge in [0.25, 0.3) is 10.2 Å². The Morgan fingerprint density at radius 2 is 2.00 bits per heavy atom. The molecule has 0 radical (unpaired) electrons. The van der Waals surface area contributed by atoms with Crippen molar-refractivity contribution in [2.24, 2.45) is 5.92 Å². The van der Waals surface area contributed by atoms with Gasteiger partial charge in [0, 0.05) is 7.05 Å². The molecule has 0 spiro atoms. The highest BCUT2D eigenvalue weighted by molar-refractivity contribution is 7.87. The lowest BCUT2D eigenvalue weighted by atomic mass is 10.0. The fourth-order valence-electron chi connectivity index (χ4n) is 0.872. The summed E-state index contributed by atoms with van der Waals surface area (Å²) in [5.74, 6) is -1.42. The molecule has 0 amide bonds. The minimum absolute atomic E-state index is 0.254. The third-order valence-corrected chi connectivity index (χ3v) is 3.13. The van der Waals surface area contributed by atoms with E-state index >= 15 is 0 Å². The van der Waals surface area contributed by atoms with E-state index in [0.29, 0.717) is 6.42 Å². The molecule has 3 N–H and O–H groups in total. The van der Waals surface area contributed by atoms with Crippen LogP contribution in [-0.2, 0) is 15.0 Å². The third kappa shape index (κ3) is 4.03. The van der Waals surface area contributed by atoms with Gasteiger partial charge in [0.2, 0.25) is 0 Å². The molecule has 0 aromatic carbocycles. The first kappa shape index (κ1) is 13.3. The van der Waals surface area contributed by atoms with Crippen LogP contribution in [-0.4, -0.2) is 32.6 Å². The molecular formula is C7H16N2O4S. The van der Waals surface area contributed by atoms with Crippen molar-refractivity contribution in [3.8, 4) is 0 Å². The van der Waals surface area contributed by atoms with Crippen LogP contribution < -0.4 is 9.44 Å². The molecule has 0 aliphatic rings. The first-order valence-corrected chi connectivity index (χ1v) is 5.76. The van der Waals surface area contributed by atoms with Crippen molar-refractivity contribution in [3.05, 3.63) is 0 Å². The lowest BCUT2D eigenvalue weighted by molar-refractivity contribution is -0.140. The zero-order valence-corrected chi connectivity index (χ0v) is 9.26. The van der Waals surface area contributed by atoms with Gasteiger partial charge in [-0.15, -0.1) is 0 Å². The Kier molecular flexibility index (Phi) is 5.03. The van der Waals surface area contributed by atoms with Gasteiger partial charge in [-0.05, 0) is 5.92 Å². The minimum atomic E-state index is -3.70. The number of hydrogen-bond donors (Lipinski definition) is 3. The normalized spacial score (nSPS) is 16.2. The third-order valence-electron chi connectivity index (χ3n) is 2.03. The molecule has 2 atom stereocenters. The molecule has 6 nitrogen and oxygen atoms in total. The van der Waals surface area contributed by atoms with Crippen molar-refractivity contribution in [2.75, 3.05) is 7.05 Å². The largest absolute Gasteiger partial charge is 0.480 e. The topological polar surface area (TPSA) is 95.5 Å². The van der Waals surface area contributed by atoms with Gasteiger partial charge in [-0.25, -0.2) is 4.72 Å². The first-order chi connectivity index (χ1) is 6.34. The van der Waals surface area contributed by atoms with E-state index in [1.54, 1.807) is 13.8 Å². The van der Waals surface area contributed by atoms with E-state index in [9.17, 15) is 13.2 Å². The molecule has 0 heterocycles. The van der Waals surface area contributed by atoms with Gasteiger partial charge >= 0.3 is 5.97 Å². The molecule has 0 fully saturated rings. The van der Waals surface area contributed by atoms with Crippen LogP contribution in [0.3, 0.4) is 0 Å². The molecule has 0 aromatic heterocycles. The summed E-state index contributed by atoms with van der Waals surface area (Å²) < 4.78 is 26.2. The second kappa shape index (κ2) is 5.28. The van der Waals surface area contributed by atoms with E-state index in [1.807, 2.05) is 4.72 Å². The highest BCUT2D eigenvalue weighted by Gasteiger charge is 2.27. The van der Waals surface area contributed by atoms with Crippen LogP contribution in [0.1, 0.15) is 20.3 Å². The van der Waals surface area contributed by atoms with Crippen LogP contribution >= 0.6 is 0 Å². The van der Waals surface area contributed by atoms with Crippen LogP contribution in [0.4, 0.5) is 0 Å². The summed E-state index contributed by atoms with van der Waals surface area (Å²) in [5.41, 5.74) is 0. The predicted molar refractivity (Wildman–Crippen MR) is 52.0 cm³/mol. The Morgan fingerprint density at radius 3 is 2.29 bits per heavy atom. The maximum absolute atomic E-state index is 11.0. The molecule has 0 aliphatic carbocycles. The lowest BCUT2D eigenvalue weighted by Gasteiger charge is -2.19. The van der Waals surface area contributed by atoms with Gasteiger partial charge in [0.15, 0.2) is 0 Å². The lowest BCUT2D eigenvalue weighted by Crippen LogP contribution is -2.48. The van der Waals surface area contributed by atoms with Gasteiger partial charge in [0.05, 0.1) is 0 Å². The van der Waals surface area contributed by atoms with Crippen LogP contribution in [0.25, 0.3) is 0 Å². The SMILES string of the molecule is CCC(C)[C@H](NS(=O)(=O)NC)C(=O)O. The average Bonchev–Trinajstić information content (AvgIpc) is 2.13. The zero-order valence-electron chi connectivity index (χ0n) is 8.44. The summed E-state index contributed by atoms with van der Waals surface area (Å²) in [6, 6.07) is -1.09. The number of carboxylic acids is 1. The average molecular weight is 224 g/mol. The molecule has 7 heteroatoms. The number of nitrogens with one attached hydrogen (secondary N) is 2. The Balaban J connectivity index is 4.63. The van der Waals surface area contributed by atoms with E-state index in [4.69, 9.17) is 5.11 Å². The van der Waals surface area contributed by atoms with Gasteiger partial charge in [-0.2, -0.15) is 13.1 Å². The van der Waals surface area contributed by atoms with E-state index in [0.717, 1.165) is 0 Å². The highest BCUT2D eigenvalue weighted by atomic mass is 32.2. The van der Waals surface area contributed by atoms with Crippen molar-refractivity contribution in [3.63, 3.8) is 0 Å². The smallest absolute Gasteiger partial charge is 0.322 e. The highest BCUT2D eigenvalue weighted by Crippen LogP contribution is 2.08. The van der Waals surface area contributed by atoms with Crippen LogP contribution in [0, 0.1) is 5.92 Å². The predicted octanol–water partition coefficient (Wildman–Crippen LogP) is -0.460. The summed E-state index contributed by atoms with van der Waals surface area (Å²) >= 11 is 0. The number of aliphatic carboxylic acids is 1. The van der Waals surface area contributed by atoms with Crippen molar-refractivity contribution in [2.45, 2.75) is 26.3 Å². The van der Waals surface area contributed by atoms with Gasteiger partial charge in [0.1, 0.15) is 6.04 Å².